The maximum atomic E-state index is 9.53. The molecule has 6 heteroatoms. The molecule has 0 bridgehead atoms. The first-order chi connectivity index (χ1) is 20.3. The second-order valence-corrected chi connectivity index (χ2v) is 18.2. The molecule has 44 heavy (non-hydrogen) atoms. The van der Waals surface area contributed by atoms with Crippen molar-refractivity contribution >= 4 is 45.2 Å². The lowest BCUT2D eigenvalue weighted by molar-refractivity contribution is -0.106. The van der Waals surface area contributed by atoms with Crippen LogP contribution in [-0.2, 0) is 20.3 Å². The minimum Gasteiger partial charge on any atom is -0.507 e. The van der Waals surface area contributed by atoms with Crippen molar-refractivity contribution in [3.8, 4) is 11.5 Å². The van der Waals surface area contributed by atoms with Crippen molar-refractivity contribution in [2.24, 2.45) is 10.8 Å². The number of hydrogen-bond donors (Lipinski definition) is 1. The summed E-state index contributed by atoms with van der Waals surface area (Å²) in [4.78, 5) is 0. The zero-order chi connectivity index (χ0) is 33.2. The molecular weight excluding hydrogens is 774 g/mol. The van der Waals surface area contributed by atoms with Crippen molar-refractivity contribution in [2.45, 2.75) is 131 Å². The maximum Gasteiger partial charge on any atom is 0.199 e. The van der Waals surface area contributed by atoms with Crippen LogP contribution in [0.15, 0.2) is 48.7 Å². The van der Waals surface area contributed by atoms with E-state index in [9.17, 15) is 5.11 Å². The molecule has 2 aliphatic rings. The van der Waals surface area contributed by atoms with E-state index in [1.807, 2.05) is 12.1 Å². The molecule has 1 saturated heterocycles. The van der Waals surface area contributed by atoms with E-state index in [0.29, 0.717) is 16.6 Å². The lowest BCUT2D eigenvalue weighted by Gasteiger charge is -2.33. The van der Waals surface area contributed by atoms with Crippen molar-refractivity contribution < 1.29 is 19.3 Å². The minimum atomic E-state index is -0.0734. The van der Waals surface area contributed by atoms with Gasteiger partial charge in [-0.1, -0.05) is 81.4 Å². The Bertz CT molecular complexity index is 1170. The SMILES string of the molecule is C1=COCCC1.CC(C)(C)CC(C)(C)c1ccc(O)c(I)c1.CC(C)(C)CC(C)(C)c1ccc(OC2CCCCO2)c(I)c1. The number of rotatable bonds is 6. The number of halogens is 2. The van der Waals surface area contributed by atoms with Gasteiger partial charge in [-0.3, -0.25) is 0 Å². The highest BCUT2D eigenvalue weighted by Crippen LogP contribution is 2.39. The molecule has 248 valence electrons. The van der Waals surface area contributed by atoms with E-state index >= 15 is 0 Å². The van der Waals surface area contributed by atoms with Gasteiger partial charge in [-0.05, 0) is 147 Å². The molecule has 0 spiro atoms. The lowest BCUT2D eigenvalue weighted by Crippen LogP contribution is -2.26. The van der Waals surface area contributed by atoms with Gasteiger partial charge < -0.3 is 19.3 Å². The highest BCUT2D eigenvalue weighted by atomic mass is 127. The fourth-order valence-electron chi connectivity index (χ4n) is 6.24. The molecule has 0 radical (unpaired) electrons. The van der Waals surface area contributed by atoms with Crippen LogP contribution in [0.5, 0.6) is 11.5 Å². The summed E-state index contributed by atoms with van der Waals surface area (Å²) < 4.78 is 18.7. The summed E-state index contributed by atoms with van der Waals surface area (Å²) in [5, 5.41) is 9.53. The summed E-state index contributed by atoms with van der Waals surface area (Å²) in [6.45, 7) is 24.6. The van der Waals surface area contributed by atoms with Gasteiger partial charge in [0.1, 0.15) is 11.5 Å². The molecule has 0 aliphatic carbocycles. The van der Waals surface area contributed by atoms with E-state index in [-0.39, 0.29) is 17.1 Å². The molecule has 0 amide bonds. The van der Waals surface area contributed by atoms with Gasteiger partial charge in [0.2, 0.25) is 0 Å². The molecular formula is C38H58I2O4. The Balaban J connectivity index is 0.000000266. The molecule has 2 aliphatic heterocycles. The molecule has 0 saturated carbocycles. The number of ether oxygens (including phenoxy) is 3. The van der Waals surface area contributed by atoms with Crippen molar-refractivity contribution in [3.05, 3.63) is 67.0 Å². The Morgan fingerprint density at radius 3 is 1.70 bits per heavy atom. The quantitative estimate of drug-likeness (QED) is 0.295. The summed E-state index contributed by atoms with van der Waals surface area (Å²) in [6.07, 6.45) is 11.7. The van der Waals surface area contributed by atoms with Crippen LogP contribution < -0.4 is 4.74 Å². The predicted octanol–water partition coefficient (Wildman–Crippen LogP) is 11.9. The van der Waals surface area contributed by atoms with Gasteiger partial charge >= 0.3 is 0 Å². The van der Waals surface area contributed by atoms with Gasteiger partial charge in [0.25, 0.3) is 0 Å². The number of allylic oxidation sites excluding steroid dienone is 1. The second kappa shape index (κ2) is 17.2. The van der Waals surface area contributed by atoms with Crippen LogP contribution in [0, 0.1) is 18.0 Å². The Labute approximate surface area is 296 Å². The number of phenols is 1. The first-order valence-electron chi connectivity index (χ1n) is 16.1. The fraction of sp³-hybridized carbons (Fsp3) is 0.632. The van der Waals surface area contributed by atoms with E-state index < -0.39 is 0 Å². The van der Waals surface area contributed by atoms with Crippen LogP contribution >= 0.6 is 45.2 Å². The monoisotopic (exact) mass is 832 g/mol. The summed E-state index contributed by atoms with van der Waals surface area (Å²) in [5.74, 6) is 1.32. The number of benzene rings is 2. The van der Waals surface area contributed by atoms with Gasteiger partial charge in [0.05, 0.1) is 26.6 Å². The molecule has 4 nitrogen and oxygen atoms in total. The molecule has 0 aromatic heterocycles. The topological polar surface area (TPSA) is 47.9 Å². The summed E-state index contributed by atoms with van der Waals surface area (Å²) in [5.41, 5.74) is 3.62. The van der Waals surface area contributed by atoms with Gasteiger partial charge in [-0.25, -0.2) is 0 Å². The second-order valence-electron chi connectivity index (χ2n) is 15.9. The molecule has 1 atom stereocenters. The average Bonchev–Trinajstić information content (AvgIpc) is 2.91. The summed E-state index contributed by atoms with van der Waals surface area (Å²) in [7, 11) is 0. The minimum absolute atomic E-state index is 0.0734. The maximum absolute atomic E-state index is 9.53. The molecule has 1 fully saturated rings. The first kappa shape index (κ1) is 39.2. The van der Waals surface area contributed by atoms with E-state index in [1.165, 1.54) is 34.0 Å². The molecule has 2 heterocycles. The van der Waals surface area contributed by atoms with Crippen molar-refractivity contribution in [1.82, 2.24) is 0 Å². The van der Waals surface area contributed by atoms with Crippen LogP contribution in [0.2, 0.25) is 0 Å². The fourth-order valence-corrected chi connectivity index (χ4v) is 7.39. The van der Waals surface area contributed by atoms with Gasteiger partial charge in [0, 0.05) is 6.42 Å². The highest BCUT2D eigenvalue weighted by molar-refractivity contribution is 14.1. The highest BCUT2D eigenvalue weighted by Gasteiger charge is 2.29. The summed E-state index contributed by atoms with van der Waals surface area (Å²) >= 11 is 4.56. The summed E-state index contributed by atoms with van der Waals surface area (Å²) in [6, 6.07) is 12.5. The number of phenolic OH excluding ortho intramolecular Hbond substituents is 1. The van der Waals surface area contributed by atoms with Gasteiger partial charge in [0.15, 0.2) is 6.29 Å². The van der Waals surface area contributed by atoms with E-state index in [4.69, 9.17) is 14.2 Å². The van der Waals surface area contributed by atoms with E-state index in [2.05, 4.69) is 139 Å². The van der Waals surface area contributed by atoms with E-state index in [0.717, 1.165) is 48.2 Å². The van der Waals surface area contributed by atoms with Gasteiger partial charge in [-0.15, -0.1) is 0 Å². The Kier molecular flexibility index (Phi) is 15.3. The Hall–Kier alpha value is -1.00. The third kappa shape index (κ3) is 14.6. The van der Waals surface area contributed by atoms with E-state index in [1.54, 1.807) is 12.3 Å². The van der Waals surface area contributed by atoms with Crippen LogP contribution in [0.4, 0.5) is 0 Å². The zero-order valence-electron chi connectivity index (χ0n) is 29.0. The lowest BCUT2D eigenvalue weighted by atomic mass is 9.72. The zero-order valence-corrected chi connectivity index (χ0v) is 33.3. The molecule has 2 aromatic carbocycles. The van der Waals surface area contributed by atoms with Crippen LogP contribution in [0.3, 0.4) is 0 Å². The smallest absolute Gasteiger partial charge is 0.199 e. The Morgan fingerprint density at radius 2 is 1.32 bits per heavy atom. The first-order valence-corrected chi connectivity index (χ1v) is 18.3. The predicted molar refractivity (Wildman–Crippen MR) is 203 cm³/mol. The molecule has 1 N–H and O–H groups in total. The molecule has 1 unspecified atom stereocenters. The normalized spacial score (nSPS) is 17.4. The van der Waals surface area contributed by atoms with Crippen molar-refractivity contribution in [2.75, 3.05) is 13.2 Å². The number of hydrogen-bond acceptors (Lipinski definition) is 4. The largest absolute Gasteiger partial charge is 0.507 e. The molecule has 2 aromatic rings. The third-order valence-corrected chi connectivity index (χ3v) is 9.32. The van der Waals surface area contributed by atoms with Crippen LogP contribution in [0.1, 0.15) is 125 Å². The number of aromatic hydroxyl groups is 1. The van der Waals surface area contributed by atoms with Crippen molar-refractivity contribution in [3.63, 3.8) is 0 Å². The standard InChI is InChI=1S/C19H29IO2.C14H21IO.C5H8O/c1-18(2,3)13-19(4,5)14-9-10-16(15(20)12-14)22-17-8-6-7-11-21-17;1-13(2,3)9-14(4,5)10-6-7-12(16)11(15)8-10;1-2-4-6-5-3-1/h9-10,12,17H,6-8,11,13H2,1-5H3;6-8,16H,9H2,1-5H3;2,4H,1,3,5H2. The average molecular weight is 833 g/mol. The van der Waals surface area contributed by atoms with Gasteiger partial charge in [-0.2, -0.15) is 0 Å². The van der Waals surface area contributed by atoms with Crippen molar-refractivity contribution in [1.29, 1.82) is 0 Å². The Morgan fingerprint density at radius 1 is 0.750 bits per heavy atom. The van der Waals surface area contributed by atoms with Crippen LogP contribution in [-0.4, -0.2) is 24.6 Å². The molecule has 4 rings (SSSR count). The van der Waals surface area contributed by atoms with Crippen LogP contribution in [0.25, 0.3) is 0 Å². The third-order valence-electron chi connectivity index (χ3n) is 7.61.